The van der Waals surface area contributed by atoms with Gasteiger partial charge >= 0.3 is 6.03 Å². The first-order valence-electron chi connectivity index (χ1n) is 9.17. The lowest BCUT2D eigenvalue weighted by molar-refractivity contribution is 0.251. The number of carbonyl (C=O) groups excluding carboxylic acids is 1. The third kappa shape index (κ3) is 5.42. The molecule has 2 aromatic carbocycles. The van der Waals surface area contributed by atoms with E-state index in [0.717, 1.165) is 22.3 Å². The molecule has 7 heteroatoms. The van der Waals surface area contributed by atoms with Crippen LogP contribution in [0.2, 0.25) is 0 Å². The van der Waals surface area contributed by atoms with Crippen molar-refractivity contribution < 1.29 is 13.2 Å². The van der Waals surface area contributed by atoms with Crippen LogP contribution in [0.5, 0.6) is 0 Å². The molecule has 0 bridgehead atoms. The molecule has 0 spiro atoms. The number of carbonyl (C=O) groups is 1. The van der Waals surface area contributed by atoms with Crippen molar-refractivity contribution in [1.29, 1.82) is 0 Å². The maximum absolute atomic E-state index is 12.8. The zero-order valence-corrected chi connectivity index (χ0v) is 17.2. The van der Waals surface area contributed by atoms with Crippen molar-refractivity contribution in [1.82, 2.24) is 10.3 Å². The Balaban J connectivity index is 1.63. The molecule has 0 atom stereocenters. The normalized spacial score (nSPS) is 11.1. The number of nitrogens with zero attached hydrogens (tertiary/aromatic N) is 1. The van der Waals surface area contributed by atoms with Gasteiger partial charge in [-0.1, -0.05) is 24.3 Å². The minimum atomic E-state index is -3.48. The molecule has 6 nitrogen and oxygen atoms in total. The lowest BCUT2D eigenvalue weighted by atomic mass is 10.1. The third-order valence-electron chi connectivity index (χ3n) is 4.71. The van der Waals surface area contributed by atoms with Crippen LogP contribution in [0.4, 0.5) is 10.5 Å². The highest BCUT2D eigenvalue weighted by atomic mass is 32.2. The minimum absolute atomic E-state index is 0.0567. The van der Waals surface area contributed by atoms with Gasteiger partial charge in [-0.15, -0.1) is 0 Å². The molecule has 0 fully saturated rings. The second-order valence-electron chi connectivity index (χ2n) is 6.81. The summed E-state index contributed by atoms with van der Waals surface area (Å²) in [4.78, 5) is 16.2. The van der Waals surface area contributed by atoms with E-state index < -0.39 is 9.84 Å². The van der Waals surface area contributed by atoms with Crippen LogP contribution < -0.4 is 10.6 Å². The van der Waals surface area contributed by atoms with E-state index in [0.29, 0.717) is 12.2 Å². The van der Waals surface area contributed by atoms with Gasteiger partial charge in [-0.3, -0.25) is 4.98 Å². The molecule has 0 saturated carbocycles. The van der Waals surface area contributed by atoms with Crippen LogP contribution >= 0.6 is 0 Å². The van der Waals surface area contributed by atoms with Crippen LogP contribution in [0, 0.1) is 13.8 Å². The molecule has 0 aliphatic heterocycles. The van der Waals surface area contributed by atoms with Gasteiger partial charge in [0.25, 0.3) is 0 Å². The Morgan fingerprint density at radius 1 is 1.00 bits per heavy atom. The number of anilines is 1. The van der Waals surface area contributed by atoms with Crippen molar-refractivity contribution in [3.05, 3.63) is 89.2 Å². The first-order chi connectivity index (χ1) is 13.8. The number of amides is 2. The fourth-order valence-corrected chi connectivity index (χ4v) is 4.30. The maximum Gasteiger partial charge on any atom is 0.319 e. The van der Waals surface area contributed by atoms with Crippen LogP contribution in [-0.4, -0.2) is 19.4 Å². The number of sulfone groups is 1. The zero-order chi connectivity index (χ0) is 20.9. The van der Waals surface area contributed by atoms with Crippen LogP contribution in [0.15, 0.2) is 71.9 Å². The molecule has 0 unspecified atom stereocenters. The van der Waals surface area contributed by atoms with Crippen molar-refractivity contribution in [2.45, 2.75) is 31.0 Å². The Kier molecular flexibility index (Phi) is 6.29. The molecule has 150 valence electrons. The third-order valence-corrected chi connectivity index (χ3v) is 6.39. The van der Waals surface area contributed by atoms with E-state index in [-0.39, 0.29) is 16.7 Å². The molecule has 2 amide bonds. The molecule has 1 heterocycles. The molecule has 0 aliphatic carbocycles. The van der Waals surface area contributed by atoms with Gasteiger partial charge in [0, 0.05) is 24.6 Å². The van der Waals surface area contributed by atoms with E-state index >= 15 is 0 Å². The van der Waals surface area contributed by atoms with E-state index in [4.69, 9.17) is 0 Å². The molecule has 3 rings (SSSR count). The monoisotopic (exact) mass is 409 g/mol. The van der Waals surface area contributed by atoms with Crippen molar-refractivity contribution in [2.24, 2.45) is 0 Å². The van der Waals surface area contributed by atoms with Crippen LogP contribution in [0.25, 0.3) is 0 Å². The number of aryl methyl sites for hydroxylation is 1. The van der Waals surface area contributed by atoms with Gasteiger partial charge < -0.3 is 10.6 Å². The number of hydrogen-bond donors (Lipinski definition) is 2. The molecular weight excluding hydrogens is 386 g/mol. The minimum Gasteiger partial charge on any atom is -0.334 e. The van der Waals surface area contributed by atoms with Crippen LogP contribution in [0.1, 0.15) is 22.3 Å². The Hall–Kier alpha value is -3.19. The standard InChI is InChI=1S/C22H23N3O3S/c1-16-5-3-7-19(17(16)2)15-29(27,28)21-10-8-20(9-11-21)25-22(26)24-14-18-6-4-12-23-13-18/h3-13H,14-15H2,1-2H3,(H2,24,25,26). The Bertz CT molecular complexity index is 1100. The van der Waals surface area contributed by atoms with Crippen molar-refractivity contribution in [3.63, 3.8) is 0 Å². The van der Waals surface area contributed by atoms with Gasteiger partial charge in [-0.05, 0) is 66.4 Å². The predicted molar refractivity (Wildman–Crippen MR) is 113 cm³/mol. The highest BCUT2D eigenvalue weighted by molar-refractivity contribution is 7.90. The zero-order valence-electron chi connectivity index (χ0n) is 16.3. The summed E-state index contributed by atoms with van der Waals surface area (Å²) in [7, 11) is -3.48. The molecule has 3 aromatic rings. The smallest absolute Gasteiger partial charge is 0.319 e. The number of aromatic nitrogens is 1. The lowest BCUT2D eigenvalue weighted by Crippen LogP contribution is -2.28. The van der Waals surface area contributed by atoms with Crippen molar-refractivity contribution in [2.75, 3.05) is 5.32 Å². The van der Waals surface area contributed by atoms with E-state index in [1.54, 1.807) is 30.6 Å². The second-order valence-corrected chi connectivity index (χ2v) is 8.80. The van der Waals surface area contributed by atoms with E-state index in [2.05, 4.69) is 15.6 Å². The lowest BCUT2D eigenvalue weighted by Gasteiger charge is -2.11. The molecule has 0 saturated heterocycles. The van der Waals surface area contributed by atoms with Gasteiger partial charge in [-0.25, -0.2) is 13.2 Å². The van der Waals surface area contributed by atoms with Gasteiger partial charge in [0.15, 0.2) is 9.84 Å². The fraction of sp³-hybridized carbons (Fsp3) is 0.182. The molecule has 1 aromatic heterocycles. The van der Waals surface area contributed by atoms with Crippen molar-refractivity contribution in [3.8, 4) is 0 Å². The fourth-order valence-electron chi connectivity index (χ4n) is 2.86. The largest absolute Gasteiger partial charge is 0.334 e. The molecule has 0 radical (unpaired) electrons. The summed E-state index contributed by atoms with van der Waals surface area (Å²) in [6.07, 6.45) is 3.34. The molecular formula is C22H23N3O3S. The van der Waals surface area contributed by atoms with E-state index in [9.17, 15) is 13.2 Å². The van der Waals surface area contributed by atoms with E-state index in [1.165, 1.54) is 12.1 Å². The Morgan fingerprint density at radius 3 is 2.45 bits per heavy atom. The summed E-state index contributed by atoms with van der Waals surface area (Å²) in [5, 5.41) is 5.42. The number of nitrogens with one attached hydrogen (secondary N) is 2. The van der Waals surface area contributed by atoms with Crippen LogP contribution in [-0.2, 0) is 22.1 Å². The number of benzene rings is 2. The molecule has 2 N–H and O–H groups in total. The number of hydrogen-bond acceptors (Lipinski definition) is 4. The number of pyridine rings is 1. The summed E-state index contributed by atoms with van der Waals surface area (Å²) in [5.74, 6) is -0.0567. The van der Waals surface area contributed by atoms with Gasteiger partial charge in [-0.2, -0.15) is 0 Å². The second kappa shape index (κ2) is 8.87. The highest BCUT2D eigenvalue weighted by Gasteiger charge is 2.17. The SMILES string of the molecule is Cc1cccc(CS(=O)(=O)c2ccc(NC(=O)NCc3cccnc3)cc2)c1C. The van der Waals surface area contributed by atoms with Crippen LogP contribution in [0.3, 0.4) is 0 Å². The first kappa shape index (κ1) is 20.5. The number of rotatable bonds is 6. The average molecular weight is 410 g/mol. The van der Waals surface area contributed by atoms with Gasteiger partial charge in [0.1, 0.15) is 0 Å². The highest BCUT2D eigenvalue weighted by Crippen LogP contribution is 2.22. The van der Waals surface area contributed by atoms with Gasteiger partial charge in [0.05, 0.1) is 10.6 Å². The quantitative estimate of drug-likeness (QED) is 0.644. The predicted octanol–water partition coefficient (Wildman–Crippen LogP) is 3.99. The average Bonchev–Trinajstić information content (AvgIpc) is 2.71. The topological polar surface area (TPSA) is 88.2 Å². The van der Waals surface area contributed by atoms with Gasteiger partial charge in [0.2, 0.25) is 0 Å². The summed E-state index contributed by atoms with van der Waals surface area (Å²) < 4.78 is 25.5. The summed E-state index contributed by atoms with van der Waals surface area (Å²) in [6.45, 7) is 4.24. The Labute approximate surface area is 170 Å². The Morgan fingerprint density at radius 2 is 1.76 bits per heavy atom. The van der Waals surface area contributed by atoms with E-state index in [1.807, 2.05) is 38.1 Å². The summed E-state index contributed by atoms with van der Waals surface area (Å²) >= 11 is 0. The molecule has 29 heavy (non-hydrogen) atoms. The number of urea groups is 1. The maximum atomic E-state index is 12.8. The summed E-state index contributed by atoms with van der Waals surface area (Å²) in [6, 6.07) is 15.1. The first-order valence-corrected chi connectivity index (χ1v) is 10.8. The van der Waals surface area contributed by atoms with Crippen molar-refractivity contribution >= 4 is 21.6 Å². The molecule has 0 aliphatic rings. The summed E-state index contributed by atoms with van der Waals surface area (Å²) in [5.41, 5.74) is 4.24.